The summed E-state index contributed by atoms with van der Waals surface area (Å²) in [6.45, 7) is 0.107. The SMILES string of the molecule is O=C(C[C@H]1C[C@H]2CC[C@H]1C2)OCc1cc(=O)oc2ccc3ccccc3c12. The monoisotopic (exact) mass is 362 g/mol. The van der Waals surface area contributed by atoms with Gasteiger partial charge >= 0.3 is 11.6 Å². The number of hydrogen-bond donors (Lipinski definition) is 0. The zero-order valence-electron chi connectivity index (χ0n) is 15.1. The lowest BCUT2D eigenvalue weighted by Crippen LogP contribution is -2.17. The van der Waals surface area contributed by atoms with Crippen molar-refractivity contribution in [2.24, 2.45) is 17.8 Å². The molecular weight excluding hydrogens is 340 g/mol. The lowest BCUT2D eigenvalue weighted by Gasteiger charge is -2.20. The molecule has 2 fully saturated rings. The zero-order chi connectivity index (χ0) is 18.4. The van der Waals surface area contributed by atoms with E-state index in [4.69, 9.17) is 9.15 Å². The number of benzene rings is 2. The Bertz CT molecular complexity index is 1080. The average Bonchev–Trinajstić information content (AvgIpc) is 3.28. The highest BCUT2D eigenvalue weighted by molar-refractivity contribution is 6.07. The molecule has 4 nitrogen and oxygen atoms in total. The molecule has 0 unspecified atom stereocenters. The van der Waals surface area contributed by atoms with Gasteiger partial charge in [-0.3, -0.25) is 4.79 Å². The molecule has 2 aromatic carbocycles. The molecule has 1 heterocycles. The normalized spacial score (nSPS) is 23.9. The van der Waals surface area contributed by atoms with E-state index in [2.05, 4.69) is 0 Å². The molecule has 0 spiro atoms. The summed E-state index contributed by atoms with van der Waals surface area (Å²) < 4.78 is 11.0. The minimum Gasteiger partial charge on any atom is -0.461 e. The summed E-state index contributed by atoms with van der Waals surface area (Å²) in [5.41, 5.74) is 0.816. The molecule has 0 aliphatic heterocycles. The highest BCUT2D eigenvalue weighted by Gasteiger charge is 2.40. The van der Waals surface area contributed by atoms with Gasteiger partial charge in [-0.25, -0.2) is 4.79 Å². The van der Waals surface area contributed by atoms with Gasteiger partial charge in [0.2, 0.25) is 0 Å². The number of esters is 1. The Morgan fingerprint density at radius 3 is 2.81 bits per heavy atom. The highest BCUT2D eigenvalue weighted by atomic mass is 16.5. The molecule has 3 aromatic rings. The lowest BCUT2D eigenvalue weighted by atomic mass is 9.86. The minimum absolute atomic E-state index is 0.107. The second-order valence-electron chi connectivity index (χ2n) is 8.05. The summed E-state index contributed by atoms with van der Waals surface area (Å²) in [5.74, 6) is 1.85. The van der Waals surface area contributed by atoms with Crippen LogP contribution < -0.4 is 5.63 Å². The Kier molecular flexibility index (Phi) is 4.00. The summed E-state index contributed by atoms with van der Waals surface area (Å²) in [6.07, 6.45) is 5.55. The second-order valence-corrected chi connectivity index (χ2v) is 8.05. The molecule has 0 N–H and O–H groups in total. The van der Waals surface area contributed by atoms with Gasteiger partial charge in [0.05, 0.1) is 0 Å². The summed E-state index contributed by atoms with van der Waals surface area (Å²) in [7, 11) is 0. The molecule has 138 valence electrons. The van der Waals surface area contributed by atoms with E-state index in [9.17, 15) is 9.59 Å². The molecule has 1 aromatic heterocycles. The van der Waals surface area contributed by atoms with Crippen LogP contribution in [0, 0.1) is 17.8 Å². The summed E-state index contributed by atoms with van der Waals surface area (Å²) in [6, 6.07) is 13.1. The standard InChI is InChI=1S/C23H22O4/c24-21(11-17-10-14-5-6-16(17)9-14)26-13-18-12-22(25)27-20-8-7-15-3-1-2-4-19(15)23(18)20/h1-4,7-8,12,14,16-17H,5-6,9-11,13H2/t14-,16-,17+/m0/s1. The van der Waals surface area contributed by atoms with E-state index >= 15 is 0 Å². The number of ether oxygens (including phenoxy) is 1. The molecule has 2 aliphatic rings. The fraction of sp³-hybridized carbons (Fsp3) is 0.391. The van der Waals surface area contributed by atoms with E-state index in [1.807, 2.05) is 30.3 Å². The highest BCUT2D eigenvalue weighted by Crippen LogP contribution is 2.49. The van der Waals surface area contributed by atoms with Crippen LogP contribution in [0.3, 0.4) is 0 Å². The van der Waals surface area contributed by atoms with Gasteiger partial charge in [0, 0.05) is 23.4 Å². The third kappa shape index (κ3) is 3.03. The largest absolute Gasteiger partial charge is 0.461 e. The molecule has 4 heteroatoms. The van der Waals surface area contributed by atoms with Crippen LogP contribution >= 0.6 is 0 Å². The first-order valence-corrected chi connectivity index (χ1v) is 9.77. The number of rotatable bonds is 4. The second kappa shape index (κ2) is 6.52. The van der Waals surface area contributed by atoms with Crippen molar-refractivity contribution in [3.8, 4) is 0 Å². The first-order chi connectivity index (χ1) is 13.2. The molecule has 5 rings (SSSR count). The zero-order valence-corrected chi connectivity index (χ0v) is 15.1. The molecule has 0 radical (unpaired) electrons. The van der Waals surface area contributed by atoms with Crippen molar-refractivity contribution >= 4 is 27.7 Å². The number of carbonyl (C=O) groups excluding carboxylic acids is 1. The predicted octanol–water partition coefficient (Wildman–Crippen LogP) is 4.82. The van der Waals surface area contributed by atoms with Crippen LogP contribution in [-0.4, -0.2) is 5.97 Å². The van der Waals surface area contributed by atoms with Crippen LogP contribution in [0.5, 0.6) is 0 Å². The van der Waals surface area contributed by atoms with Crippen molar-refractivity contribution in [1.29, 1.82) is 0 Å². The average molecular weight is 362 g/mol. The van der Waals surface area contributed by atoms with Gasteiger partial charge in [-0.1, -0.05) is 36.8 Å². The van der Waals surface area contributed by atoms with E-state index in [0.717, 1.165) is 22.1 Å². The van der Waals surface area contributed by atoms with Crippen molar-refractivity contribution in [3.05, 3.63) is 58.4 Å². The van der Waals surface area contributed by atoms with Gasteiger partial charge in [0.1, 0.15) is 12.2 Å². The summed E-state index contributed by atoms with van der Waals surface area (Å²) in [4.78, 5) is 24.4. The molecule has 0 amide bonds. The smallest absolute Gasteiger partial charge is 0.336 e. The molecule has 2 saturated carbocycles. The summed E-state index contributed by atoms with van der Waals surface area (Å²) in [5, 5.41) is 2.91. The topological polar surface area (TPSA) is 56.5 Å². The van der Waals surface area contributed by atoms with E-state index < -0.39 is 5.63 Å². The van der Waals surface area contributed by atoms with Gasteiger partial charge in [-0.05, 0) is 53.9 Å². The molecule has 0 saturated heterocycles. The summed E-state index contributed by atoms with van der Waals surface area (Å²) >= 11 is 0. The third-order valence-corrected chi connectivity index (χ3v) is 6.42. The Morgan fingerprint density at radius 1 is 1.11 bits per heavy atom. The van der Waals surface area contributed by atoms with Gasteiger partial charge < -0.3 is 9.15 Å². The molecule has 3 atom stereocenters. The van der Waals surface area contributed by atoms with E-state index in [-0.39, 0.29) is 12.6 Å². The van der Waals surface area contributed by atoms with Crippen molar-refractivity contribution in [1.82, 2.24) is 0 Å². The molecule has 2 bridgehead atoms. The van der Waals surface area contributed by atoms with Gasteiger partial charge in [0.15, 0.2) is 0 Å². The van der Waals surface area contributed by atoms with Crippen molar-refractivity contribution in [3.63, 3.8) is 0 Å². The molecule has 2 aliphatic carbocycles. The Morgan fingerprint density at radius 2 is 2.00 bits per heavy atom. The fourth-order valence-electron chi connectivity index (χ4n) is 5.19. The van der Waals surface area contributed by atoms with Crippen LogP contribution in [-0.2, 0) is 16.1 Å². The molecule has 27 heavy (non-hydrogen) atoms. The van der Waals surface area contributed by atoms with Crippen LogP contribution in [0.15, 0.2) is 51.7 Å². The first-order valence-electron chi connectivity index (χ1n) is 9.77. The lowest BCUT2D eigenvalue weighted by molar-refractivity contribution is -0.146. The van der Waals surface area contributed by atoms with Crippen LogP contribution in [0.4, 0.5) is 0 Å². The van der Waals surface area contributed by atoms with Gasteiger partial charge in [-0.15, -0.1) is 0 Å². The van der Waals surface area contributed by atoms with E-state index in [1.54, 1.807) is 6.07 Å². The maximum Gasteiger partial charge on any atom is 0.336 e. The van der Waals surface area contributed by atoms with Crippen LogP contribution in [0.2, 0.25) is 0 Å². The van der Waals surface area contributed by atoms with Gasteiger partial charge in [-0.2, -0.15) is 0 Å². The number of hydrogen-bond acceptors (Lipinski definition) is 4. The van der Waals surface area contributed by atoms with E-state index in [1.165, 1.54) is 31.7 Å². The van der Waals surface area contributed by atoms with Gasteiger partial charge in [0.25, 0.3) is 0 Å². The fourth-order valence-corrected chi connectivity index (χ4v) is 5.19. The van der Waals surface area contributed by atoms with Crippen LogP contribution in [0.25, 0.3) is 21.7 Å². The van der Waals surface area contributed by atoms with Crippen molar-refractivity contribution in [2.75, 3.05) is 0 Å². The maximum absolute atomic E-state index is 12.4. The minimum atomic E-state index is -0.420. The third-order valence-electron chi connectivity index (χ3n) is 6.42. The molecular formula is C23H22O4. The quantitative estimate of drug-likeness (QED) is 0.379. The Hall–Kier alpha value is -2.62. The Balaban J connectivity index is 1.40. The Labute approximate surface area is 157 Å². The van der Waals surface area contributed by atoms with E-state index in [0.29, 0.717) is 29.4 Å². The van der Waals surface area contributed by atoms with Crippen molar-refractivity contribution < 1.29 is 13.9 Å². The maximum atomic E-state index is 12.4. The first kappa shape index (κ1) is 16.5. The van der Waals surface area contributed by atoms with Crippen LogP contribution in [0.1, 0.15) is 37.7 Å². The number of fused-ring (bicyclic) bond motifs is 5. The van der Waals surface area contributed by atoms with Crippen molar-refractivity contribution in [2.45, 2.75) is 38.7 Å². The number of carbonyl (C=O) groups is 1. The predicted molar refractivity (Wildman–Crippen MR) is 103 cm³/mol.